The Morgan fingerprint density at radius 1 is 1.00 bits per heavy atom. The molecule has 2 aromatic carbocycles. The van der Waals surface area contributed by atoms with E-state index in [4.69, 9.17) is 21.7 Å². The topological polar surface area (TPSA) is 59.6 Å². The fourth-order valence-electron chi connectivity index (χ4n) is 2.26. The van der Waals surface area contributed by atoms with E-state index in [1.165, 1.54) is 12.7 Å². The zero-order valence-corrected chi connectivity index (χ0v) is 14.9. The number of benzene rings is 2. The van der Waals surface area contributed by atoms with Gasteiger partial charge >= 0.3 is 0 Å². The van der Waals surface area contributed by atoms with Crippen LogP contribution in [0.2, 0.25) is 0 Å². The third-order valence-electron chi connectivity index (χ3n) is 3.50. The van der Waals surface area contributed by atoms with E-state index in [2.05, 4.69) is 10.6 Å². The van der Waals surface area contributed by atoms with Crippen LogP contribution in [-0.2, 0) is 0 Å². The lowest BCUT2D eigenvalue weighted by molar-refractivity contribution is 0.0977. The first-order valence-corrected chi connectivity index (χ1v) is 7.77. The molecular formula is C18H20N2O3S. The second-order valence-corrected chi connectivity index (χ2v) is 5.70. The normalized spacial score (nSPS) is 10.0. The number of carbonyl (C=O) groups excluding carboxylic acids is 1. The van der Waals surface area contributed by atoms with Crippen LogP contribution in [-0.4, -0.2) is 25.2 Å². The lowest BCUT2D eigenvalue weighted by Crippen LogP contribution is -2.34. The van der Waals surface area contributed by atoms with Crippen molar-refractivity contribution in [3.8, 4) is 11.5 Å². The molecule has 0 aromatic heterocycles. The number of hydrogen-bond acceptors (Lipinski definition) is 4. The van der Waals surface area contributed by atoms with Crippen LogP contribution in [0.1, 0.15) is 21.5 Å². The third-order valence-corrected chi connectivity index (χ3v) is 3.71. The molecule has 0 spiro atoms. The fraction of sp³-hybridized carbons (Fsp3) is 0.222. The van der Waals surface area contributed by atoms with Crippen LogP contribution in [0.3, 0.4) is 0 Å². The highest BCUT2D eigenvalue weighted by Gasteiger charge is 2.12. The van der Waals surface area contributed by atoms with Crippen LogP contribution in [0.15, 0.2) is 36.4 Å². The monoisotopic (exact) mass is 344 g/mol. The molecule has 5 nitrogen and oxygen atoms in total. The van der Waals surface area contributed by atoms with E-state index in [0.29, 0.717) is 17.1 Å². The summed E-state index contributed by atoms with van der Waals surface area (Å²) >= 11 is 5.22. The summed E-state index contributed by atoms with van der Waals surface area (Å²) in [7, 11) is 3.06. The van der Waals surface area contributed by atoms with Crippen molar-refractivity contribution in [3.05, 3.63) is 53.1 Å². The van der Waals surface area contributed by atoms with Crippen LogP contribution in [0, 0.1) is 13.8 Å². The van der Waals surface area contributed by atoms with Gasteiger partial charge in [-0.15, -0.1) is 0 Å². The molecular weight excluding hydrogens is 324 g/mol. The van der Waals surface area contributed by atoms with Crippen molar-refractivity contribution in [2.24, 2.45) is 0 Å². The fourth-order valence-corrected chi connectivity index (χ4v) is 2.46. The van der Waals surface area contributed by atoms with Crippen LogP contribution in [0.25, 0.3) is 0 Å². The Labute approximate surface area is 147 Å². The van der Waals surface area contributed by atoms with Gasteiger partial charge < -0.3 is 14.8 Å². The van der Waals surface area contributed by atoms with E-state index in [1.54, 1.807) is 25.3 Å². The molecule has 0 atom stereocenters. The maximum absolute atomic E-state index is 12.3. The molecule has 2 N–H and O–H groups in total. The molecule has 0 unspecified atom stereocenters. The molecule has 6 heteroatoms. The zero-order valence-electron chi connectivity index (χ0n) is 14.1. The van der Waals surface area contributed by atoms with Gasteiger partial charge in [-0.2, -0.15) is 0 Å². The van der Waals surface area contributed by atoms with Crippen molar-refractivity contribution in [1.29, 1.82) is 0 Å². The summed E-state index contributed by atoms with van der Waals surface area (Å²) in [4.78, 5) is 12.3. The molecule has 0 aliphatic carbocycles. The first-order chi connectivity index (χ1) is 11.4. The van der Waals surface area contributed by atoms with Crippen molar-refractivity contribution < 1.29 is 14.3 Å². The molecule has 0 aliphatic rings. The highest BCUT2D eigenvalue weighted by molar-refractivity contribution is 7.80. The number of nitrogens with one attached hydrogen (secondary N) is 2. The van der Waals surface area contributed by atoms with Crippen LogP contribution in [0.5, 0.6) is 11.5 Å². The predicted molar refractivity (Wildman–Crippen MR) is 99.1 cm³/mol. The van der Waals surface area contributed by atoms with E-state index in [0.717, 1.165) is 11.3 Å². The predicted octanol–water partition coefficient (Wildman–Crippen LogP) is 3.45. The molecule has 0 fully saturated rings. The Morgan fingerprint density at radius 3 is 2.33 bits per heavy atom. The maximum atomic E-state index is 12.3. The number of methoxy groups -OCH3 is 2. The SMILES string of the molecule is COc1ccc(C(=O)NC(=S)Nc2ccc(C)cc2C)cc1OC. The summed E-state index contributed by atoms with van der Waals surface area (Å²) in [5.41, 5.74) is 3.51. The minimum Gasteiger partial charge on any atom is -0.493 e. The molecule has 0 saturated carbocycles. The lowest BCUT2D eigenvalue weighted by Gasteiger charge is -2.13. The average molecular weight is 344 g/mol. The van der Waals surface area contributed by atoms with Crippen molar-refractivity contribution in [2.45, 2.75) is 13.8 Å². The van der Waals surface area contributed by atoms with Crippen molar-refractivity contribution >= 4 is 28.9 Å². The number of anilines is 1. The first kappa shape index (κ1) is 17.7. The average Bonchev–Trinajstić information content (AvgIpc) is 2.56. The maximum Gasteiger partial charge on any atom is 0.257 e. The molecule has 24 heavy (non-hydrogen) atoms. The van der Waals surface area contributed by atoms with E-state index in [1.807, 2.05) is 32.0 Å². The zero-order chi connectivity index (χ0) is 17.7. The van der Waals surface area contributed by atoms with Gasteiger partial charge in [-0.25, -0.2) is 0 Å². The quantitative estimate of drug-likeness (QED) is 0.832. The summed E-state index contributed by atoms with van der Waals surface area (Å²) < 4.78 is 10.4. The number of amides is 1. The van der Waals surface area contributed by atoms with Gasteiger partial charge in [0, 0.05) is 11.3 Å². The molecule has 2 aromatic rings. The largest absolute Gasteiger partial charge is 0.493 e. The van der Waals surface area contributed by atoms with Crippen LogP contribution in [0.4, 0.5) is 5.69 Å². The molecule has 0 radical (unpaired) electrons. The smallest absolute Gasteiger partial charge is 0.257 e. The Morgan fingerprint density at radius 2 is 1.71 bits per heavy atom. The number of hydrogen-bond donors (Lipinski definition) is 2. The van der Waals surface area contributed by atoms with Crippen LogP contribution < -0.4 is 20.1 Å². The Hall–Kier alpha value is -2.60. The molecule has 1 amide bonds. The molecule has 0 saturated heterocycles. The summed E-state index contributed by atoms with van der Waals surface area (Å²) in [5, 5.41) is 5.93. The number of aryl methyl sites for hydroxylation is 2. The van der Waals surface area contributed by atoms with Gasteiger partial charge in [-0.05, 0) is 55.9 Å². The third kappa shape index (κ3) is 4.23. The second-order valence-electron chi connectivity index (χ2n) is 5.30. The van der Waals surface area contributed by atoms with Gasteiger partial charge in [0.15, 0.2) is 16.6 Å². The van der Waals surface area contributed by atoms with E-state index < -0.39 is 0 Å². The number of rotatable bonds is 4. The van der Waals surface area contributed by atoms with E-state index in [-0.39, 0.29) is 11.0 Å². The number of carbonyl (C=O) groups is 1. The first-order valence-electron chi connectivity index (χ1n) is 7.36. The van der Waals surface area contributed by atoms with Crippen LogP contribution >= 0.6 is 12.2 Å². The van der Waals surface area contributed by atoms with E-state index in [9.17, 15) is 4.79 Å². The Balaban J connectivity index is 2.07. The van der Waals surface area contributed by atoms with Gasteiger partial charge in [0.25, 0.3) is 5.91 Å². The van der Waals surface area contributed by atoms with Crippen molar-refractivity contribution in [3.63, 3.8) is 0 Å². The molecule has 0 heterocycles. The highest BCUT2D eigenvalue weighted by atomic mass is 32.1. The summed E-state index contributed by atoms with van der Waals surface area (Å²) in [5.74, 6) is 0.724. The molecule has 0 aliphatic heterocycles. The molecule has 2 rings (SSSR count). The van der Waals surface area contributed by atoms with Gasteiger partial charge in [0.2, 0.25) is 0 Å². The van der Waals surface area contributed by atoms with Crippen molar-refractivity contribution in [1.82, 2.24) is 5.32 Å². The minimum absolute atomic E-state index is 0.238. The Bertz CT molecular complexity index is 775. The summed E-state index contributed by atoms with van der Waals surface area (Å²) in [6.07, 6.45) is 0. The van der Waals surface area contributed by atoms with Gasteiger partial charge in [-0.1, -0.05) is 17.7 Å². The number of thiocarbonyl (C=S) groups is 1. The summed E-state index contributed by atoms with van der Waals surface area (Å²) in [6, 6.07) is 10.9. The molecule has 0 bridgehead atoms. The van der Waals surface area contributed by atoms with Gasteiger partial charge in [-0.3, -0.25) is 10.1 Å². The minimum atomic E-state index is -0.321. The highest BCUT2D eigenvalue weighted by Crippen LogP contribution is 2.27. The lowest BCUT2D eigenvalue weighted by atomic mass is 10.1. The molecule has 126 valence electrons. The van der Waals surface area contributed by atoms with Crippen molar-refractivity contribution in [2.75, 3.05) is 19.5 Å². The number of ether oxygens (including phenoxy) is 2. The Kier molecular flexibility index (Phi) is 5.76. The van der Waals surface area contributed by atoms with Gasteiger partial charge in [0.05, 0.1) is 14.2 Å². The van der Waals surface area contributed by atoms with E-state index >= 15 is 0 Å². The van der Waals surface area contributed by atoms with Gasteiger partial charge in [0.1, 0.15) is 0 Å². The summed E-state index contributed by atoms with van der Waals surface area (Å²) in [6.45, 7) is 4.00. The second kappa shape index (κ2) is 7.79. The standard InChI is InChI=1S/C18H20N2O3S/c1-11-5-7-14(12(2)9-11)19-18(24)20-17(21)13-6-8-15(22-3)16(10-13)23-4/h5-10H,1-4H3,(H2,19,20,21,24).